The van der Waals surface area contributed by atoms with Crippen LogP contribution >= 0.6 is 0 Å². The minimum atomic E-state index is 0.450. The number of para-hydroxylation sites is 1. The van der Waals surface area contributed by atoms with Crippen LogP contribution < -0.4 is 10.6 Å². The van der Waals surface area contributed by atoms with E-state index in [-0.39, 0.29) is 0 Å². The van der Waals surface area contributed by atoms with Crippen molar-refractivity contribution in [3.05, 3.63) is 42.7 Å². The third-order valence-electron chi connectivity index (χ3n) is 2.26. The van der Waals surface area contributed by atoms with E-state index in [1.165, 1.54) is 6.33 Å². The van der Waals surface area contributed by atoms with Gasteiger partial charge in [0.25, 0.3) is 0 Å². The van der Waals surface area contributed by atoms with Crippen LogP contribution in [0.1, 0.15) is 6.42 Å². The summed E-state index contributed by atoms with van der Waals surface area (Å²) >= 11 is 0. The van der Waals surface area contributed by atoms with Crippen LogP contribution in [0.15, 0.2) is 42.7 Å². The molecule has 0 radical (unpaired) electrons. The molecule has 0 spiro atoms. The molecule has 0 aliphatic carbocycles. The Morgan fingerprint density at radius 3 is 2.67 bits per heavy atom. The van der Waals surface area contributed by atoms with Crippen LogP contribution in [0.5, 0.6) is 0 Å². The van der Waals surface area contributed by atoms with Gasteiger partial charge in [-0.25, -0.2) is 9.97 Å². The fourth-order valence-corrected chi connectivity index (χ4v) is 1.44. The van der Waals surface area contributed by atoms with Gasteiger partial charge in [0, 0.05) is 18.3 Å². The Morgan fingerprint density at radius 2 is 1.89 bits per heavy atom. The Kier molecular flexibility index (Phi) is 4.09. The third-order valence-corrected chi connectivity index (χ3v) is 2.26. The van der Waals surface area contributed by atoms with Gasteiger partial charge >= 0.3 is 0 Å². The summed E-state index contributed by atoms with van der Waals surface area (Å²) < 4.78 is 0. The highest BCUT2D eigenvalue weighted by Crippen LogP contribution is 2.15. The molecule has 0 fully saturated rings. The summed E-state index contributed by atoms with van der Waals surface area (Å²) in [6.45, 7) is 0.582. The van der Waals surface area contributed by atoms with E-state index in [4.69, 9.17) is 5.26 Å². The molecule has 2 N–H and O–H groups in total. The lowest BCUT2D eigenvalue weighted by molar-refractivity contribution is 1.04. The molecule has 1 heterocycles. The SMILES string of the molecule is N#CCCNc1cc(Nc2ccccc2)ncn1. The smallest absolute Gasteiger partial charge is 0.135 e. The number of hydrogen-bond donors (Lipinski definition) is 2. The second-order valence-corrected chi connectivity index (χ2v) is 3.61. The first-order chi connectivity index (χ1) is 8.88. The zero-order chi connectivity index (χ0) is 12.6. The highest BCUT2D eigenvalue weighted by atomic mass is 15.1. The van der Waals surface area contributed by atoms with E-state index in [0.29, 0.717) is 18.8 Å². The monoisotopic (exact) mass is 239 g/mol. The molecule has 0 saturated heterocycles. The van der Waals surface area contributed by atoms with E-state index < -0.39 is 0 Å². The number of nitriles is 1. The lowest BCUT2D eigenvalue weighted by atomic mass is 10.3. The molecule has 0 bridgehead atoms. The molecule has 18 heavy (non-hydrogen) atoms. The Hall–Kier alpha value is -2.61. The van der Waals surface area contributed by atoms with Crippen molar-refractivity contribution >= 4 is 17.3 Å². The van der Waals surface area contributed by atoms with Crippen molar-refractivity contribution in [3.8, 4) is 6.07 Å². The van der Waals surface area contributed by atoms with E-state index in [1.54, 1.807) is 0 Å². The first kappa shape index (κ1) is 11.9. The maximum absolute atomic E-state index is 8.46. The van der Waals surface area contributed by atoms with Gasteiger partial charge in [-0.2, -0.15) is 5.26 Å². The van der Waals surface area contributed by atoms with Gasteiger partial charge in [-0.05, 0) is 12.1 Å². The molecular weight excluding hydrogens is 226 g/mol. The van der Waals surface area contributed by atoms with E-state index in [2.05, 4.69) is 26.7 Å². The second-order valence-electron chi connectivity index (χ2n) is 3.61. The van der Waals surface area contributed by atoms with Crippen molar-refractivity contribution in [1.82, 2.24) is 9.97 Å². The molecule has 0 unspecified atom stereocenters. The summed E-state index contributed by atoms with van der Waals surface area (Å²) in [6, 6.07) is 13.7. The summed E-state index contributed by atoms with van der Waals surface area (Å²) in [5.74, 6) is 1.43. The highest BCUT2D eigenvalue weighted by molar-refractivity contribution is 5.58. The van der Waals surface area contributed by atoms with Crippen molar-refractivity contribution in [2.45, 2.75) is 6.42 Å². The molecule has 5 nitrogen and oxygen atoms in total. The molecule has 0 saturated carbocycles. The van der Waals surface area contributed by atoms with Crippen LogP contribution in [0, 0.1) is 11.3 Å². The number of anilines is 3. The van der Waals surface area contributed by atoms with Gasteiger partial charge in [0.15, 0.2) is 0 Å². The zero-order valence-corrected chi connectivity index (χ0v) is 9.80. The van der Waals surface area contributed by atoms with Gasteiger partial charge in [0.1, 0.15) is 18.0 Å². The minimum absolute atomic E-state index is 0.450. The molecule has 0 amide bonds. The number of benzene rings is 1. The summed E-state index contributed by atoms with van der Waals surface area (Å²) in [5.41, 5.74) is 0.971. The molecule has 0 aliphatic heterocycles. The van der Waals surface area contributed by atoms with Gasteiger partial charge in [-0.3, -0.25) is 0 Å². The fraction of sp³-hybridized carbons (Fsp3) is 0.154. The second kappa shape index (κ2) is 6.21. The molecule has 0 atom stereocenters. The summed E-state index contributed by atoms with van der Waals surface area (Å²) in [4.78, 5) is 8.22. The van der Waals surface area contributed by atoms with Gasteiger partial charge in [-0.1, -0.05) is 18.2 Å². The lowest BCUT2D eigenvalue weighted by Gasteiger charge is -2.07. The molecule has 5 heteroatoms. The van der Waals surface area contributed by atoms with Crippen molar-refractivity contribution in [2.24, 2.45) is 0 Å². The van der Waals surface area contributed by atoms with Crippen LogP contribution in [0.3, 0.4) is 0 Å². The van der Waals surface area contributed by atoms with Crippen molar-refractivity contribution in [2.75, 3.05) is 17.2 Å². The fourth-order valence-electron chi connectivity index (χ4n) is 1.44. The maximum atomic E-state index is 8.46. The summed E-state index contributed by atoms with van der Waals surface area (Å²) in [5, 5.41) is 14.7. The van der Waals surface area contributed by atoms with Crippen LogP contribution in [0.2, 0.25) is 0 Å². The average molecular weight is 239 g/mol. The maximum Gasteiger partial charge on any atom is 0.135 e. The molecule has 0 aliphatic rings. The highest BCUT2D eigenvalue weighted by Gasteiger charge is 1.98. The van der Waals surface area contributed by atoms with Crippen molar-refractivity contribution < 1.29 is 0 Å². The standard InChI is InChI=1S/C13H13N5/c14-7-4-8-15-12-9-13(17-10-16-12)18-11-5-2-1-3-6-11/h1-3,5-6,9-10H,4,8H2,(H2,15,16,17,18). The largest absolute Gasteiger partial charge is 0.369 e. The third kappa shape index (κ3) is 3.46. The quantitative estimate of drug-likeness (QED) is 0.784. The molecular formula is C13H13N5. The molecule has 1 aromatic heterocycles. The van der Waals surface area contributed by atoms with Crippen LogP contribution in [0.4, 0.5) is 17.3 Å². The number of nitrogens with zero attached hydrogens (tertiary/aromatic N) is 3. The van der Waals surface area contributed by atoms with Crippen LogP contribution in [0.25, 0.3) is 0 Å². The Morgan fingerprint density at radius 1 is 1.11 bits per heavy atom. The first-order valence-electron chi connectivity index (χ1n) is 5.63. The Bertz CT molecular complexity index is 533. The summed E-state index contributed by atoms with van der Waals surface area (Å²) in [6.07, 6.45) is 1.94. The van der Waals surface area contributed by atoms with Gasteiger partial charge in [-0.15, -0.1) is 0 Å². The number of hydrogen-bond acceptors (Lipinski definition) is 5. The average Bonchev–Trinajstić information content (AvgIpc) is 2.41. The van der Waals surface area contributed by atoms with E-state index in [1.807, 2.05) is 36.4 Å². The normalized spacial score (nSPS) is 9.50. The first-order valence-corrected chi connectivity index (χ1v) is 5.63. The number of nitrogens with one attached hydrogen (secondary N) is 2. The Labute approximate surface area is 106 Å². The Balaban J connectivity index is 2.01. The molecule has 1 aromatic carbocycles. The lowest BCUT2D eigenvalue weighted by Crippen LogP contribution is -2.03. The van der Waals surface area contributed by atoms with Gasteiger partial charge < -0.3 is 10.6 Å². The van der Waals surface area contributed by atoms with Crippen LogP contribution in [-0.4, -0.2) is 16.5 Å². The van der Waals surface area contributed by atoms with Gasteiger partial charge in [0.2, 0.25) is 0 Å². The topological polar surface area (TPSA) is 73.6 Å². The number of aromatic nitrogens is 2. The molecule has 2 aromatic rings. The van der Waals surface area contributed by atoms with Crippen molar-refractivity contribution in [1.29, 1.82) is 5.26 Å². The number of rotatable bonds is 5. The van der Waals surface area contributed by atoms with E-state index >= 15 is 0 Å². The molecule has 90 valence electrons. The predicted octanol–water partition coefficient (Wildman–Crippen LogP) is 2.55. The molecule has 2 rings (SSSR count). The predicted molar refractivity (Wildman–Crippen MR) is 70.5 cm³/mol. The van der Waals surface area contributed by atoms with Crippen molar-refractivity contribution in [3.63, 3.8) is 0 Å². The van der Waals surface area contributed by atoms with Gasteiger partial charge in [0.05, 0.1) is 12.5 Å². The van der Waals surface area contributed by atoms with Crippen LogP contribution in [-0.2, 0) is 0 Å². The van der Waals surface area contributed by atoms with E-state index in [9.17, 15) is 0 Å². The zero-order valence-electron chi connectivity index (χ0n) is 9.80. The van der Waals surface area contributed by atoms with E-state index in [0.717, 1.165) is 11.5 Å². The minimum Gasteiger partial charge on any atom is -0.369 e. The summed E-state index contributed by atoms with van der Waals surface area (Å²) in [7, 11) is 0.